The average molecular weight is 442 g/mol. The second kappa shape index (κ2) is 8.54. The van der Waals surface area contributed by atoms with Gasteiger partial charge in [-0.15, -0.1) is 0 Å². The van der Waals surface area contributed by atoms with Crippen LogP contribution in [0, 0.1) is 0 Å². The fraction of sp³-hybridized carbons (Fsp3) is 0.278. The van der Waals surface area contributed by atoms with E-state index in [1.54, 1.807) is 36.7 Å². The molecule has 0 saturated heterocycles. The molecule has 11 heteroatoms. The number of imidazole rings is 1. The van der Waals surface area contributed by atoms with Crippen molar-refractivity contribution >= 4 is 39.8 Å². The third-order valence-corrected chi connectivity index (χ3v) is 5.55. The highest BCUT2D eigenvalue weighted by atomic mass is 32.2. The monoisotopic (exact) mass is 442 g/mol. The summed E-state index contributed by atoms with van der Waals surface area (Å²) in [4.78, 5) is 14.4. The second-order valence-corrected chi connectivity index (χ2v) is 8.37. The summed E-state index contributed by atoms with van der Waals surface area (Å²) in [6, 6.07) is 7.66. The number of aryl methyl sites for hydroxylation is 1. The minimum absolute atomic E-state index is 0.0412. The first-order chi connectivity index (χ1) is 13.7. The number of halogens is 3. The number of pyridine rings is 1. The molecule has 154 valence electrons. The molecule has 3 aromatic rings. The van der Waals surface area contributed by atoms with Crippen molar-refractivity contribution in [1.82, 2.24) is 14.5 Å². The van der Waals surface area contributed by atoms with Crippen molar-refractivity contribution in [2.45, 2.75) is 22.2 Å². The maximum Gasteiger partial charge on any atom is 0.446 e. The summed E-state index contributed by atoms with van der Waals surface area (Å²) in [7, 11) is 0.380. The molecule has 1 atom stereocenters. The highest BCUT2D eigenvalue weighted by Crippen LogP contribution is 2.38. The smallest absolute Gasteiger partial charge is 0.396 e. The van der Waals surface area contributed by atoms with E-state index < -0.39 is 16.3 Å². The van der Waals surface area contributed by atoms with Crippen LogP contribution >= 0.6 is 11.8 Å². The number of oxime groups is 1. The van der Waals surface area contributed by atoms with E-state index in [0.717, 1.165) is 0 Å². The first-order valence-corrected chi connectivity index (χ1v) is 10.8. The van der Waals surface area contributed by atoms with Gasteiger partial charge in [0.1, 0.15) is 12.3 Å². The zero-order chi connectivity index (χ0) is 21.2. The Labute approximate surface area is 171 Å². The van der Waals surface area contributed by atoms with Gasteiger partial charge in [-0.2, -0.15) is 13.2 Å². The van der Waals surface area contributed by atoms with Crippen molar-refractivity contribution in [3.05, 3.63) is 36.0 Å². The number of thioether (sulfide) groups is 1. The predicted molar refractivity (Wildman–Crippen MR) is 107 cm³/mol. The minimum Gasteiger partial charge on any atom is -0.396 e. The summed E-state index contributed by atoms with van der Waals surface area (Å²) in [5.41, 5.74) is -2.51. The van der Waals surface area contributed by atoms with E-state index in [4.69, 9.17) is 4.84 Å². The van der Waals surface area contributed by atoms with Crippen LogP contribution in [-0.4, -0.2) is 43.3 Å². The quantitative estimate of drug-likeness (QED) is 0.322. The largest absolute Gasteiger partial charge is 0.446 e. The standard InChI is InChI=1S/C18H17F3N4O2S2/c1-4-27-22-10-11-5-8-15(29(3)26)16(23-11)17-24-13-9-12(28-18(19,20)21)6-7-14(13)25(17)2/h5-10H,4H2,1-3H3/b22-10+. The summed E-state index contributed by atoms with van der Waals surface area (Å²) in [5, 5.41) is 3.78. The lowest BCUT2D eigenvalue weighted by molar-refractivity contribution is -0.0328. The molecule has 3 rings (SSSR count). The van der Waals surface area contributed by atoms with Gasteiger partial charge in [-0.25, -0.2) is 9.97 Å². The molecule has 0 aliphatic rings. The van der Waals surface area contributed by atoms with Crippen LogP contribution in [0.25, 0.3) is 22.6 Å². The van der Waals surface area contributed by atoms with Gasteiger partial charge in [0, 0.05) is 18.2 Å². The van der Waals surface area contributed by atoms with Crippen molar-refractivity contribution in [2.24, 2.45) is 12.2 Å². The van der Waals surface area contributed by atoms with Gasteiger partial charge in [0.25, 0.3) is 0 Å². The Morgan fingerprint density at radius 2 is 2.03 bits per heavy atom. The molecule has 0 fully saturated rings. The van der Waals surface area contributed by atoms with Crippen LogP contribution in [0.15, 0.2) is 45.3 Å². The molecule has 6 nitrogen and oxygen atoms in total. The number of hydrogen-bond donors (Lipinski definition) is 0. The van der Waals surface area contributed by atoms with E-state index in [2.05, 4.69) is 15.1 Å². The van der Waals surface area contributed by atoms with Crippen LogP contribution in [0.2, 0.25) is 0 Å². The zero-order valence-electron chi connectivity index (χ0n) is 15.7. The molecule has 0 aliphatic carbocycles. The Morgan fingerprint density at radius 1 is 1.28 bits per heavy atom. The van der Waals surface area contributed by atoms with Crippen LogP contribution in [0.3, 0.4) is 0 Å². The van der Waals surface area contributed by atoms with Gasteiger partial charge in [0.2, 0.25) is 0 Å². The molecule has 0 aliphatic heterocycles. The van der Waals surface area contributed by atoms with Crippen molar-refractivity contribution in [3.8, 4) is 11.5 Å². The lowest BCUT2D eigenvalue weighted by Crippen LogP contribution is -2.03. The van der Waals surface area contributed by atoms with Crippen LogP contribution in [0.5, 0.6) is 0 Å². The summed E-state index contributed by atoms with van der Waals surface area (Å²) < 4.78 is 51.9. The number of rotatable bonds is 6. The molecular weight excluding hydrogens is 425 g/mol. The second-order valence-electron chi connectivity index (χ2n) is 5.88. The van der Waals surface area contributed by atoms with E-state index in [0.29, 0.717) is 39.7 Å². The van der Waals surface area contributed by atoms with E-state index >= 15 is 0 Å². The Hall–Kier alpha value is -2.40. The fourth-order valence-electron chi connectivity index (χ4n) is 2.68. The van der Waals surface area contributed by atoms with Crippen LogP contribution in [0.1, 0.15) is 12.6 Å². The minimum atomic E-state index is -4.38. The molecule has 0 N–H and O–H groups in total. The van der Waals surface area contributed by atoms with Crippen LogP contribution in [0.4, 0.5) is 13.2 Å². The average Bonchev–Trinajstić information content (AvgIpc) is 2.96. The SMILES string of the molecule is CCO/N=C/c1ccc(S(C)=O)c(-c2nc3cc(SC(F)(F)F)ccc3n2C)n1. The fourth-order valence-corrected chi connectivity index (χ4v) is 3.92. The van der Waals surface area contributed by atoms with Gasteiger partial charge < -0.3 is 9.40 Å². The van der Waals surface area contributed by atoms with Gasteiger partial charge in [-0.05, 0) is 49.0 Å². The molecule has 0 bridgehead atoms. The zero-order valence-corrected chi connectivity index (χ0v) is 17.4. The Kier molecular flexibility index (Phi) is 6.27. The molecule has 0 radical (unpaired) electrons. The van der Waals surface area contributed by atoms with Crippen molar-refractivity contribution < 1.29 is 22.2 Å². The number of hydrogen-bond acceptors (Lipinski definition) is 6. The molecule has 1 aromatic carbocycles. The number of aromatic nitrogens is 3. The van der Waals surface area contributed by atoms with Gasteiger partial charge in [-0.3, -0.25) is 4.21 Å². The molecule has 2 heterocycles. The number of nitrogens with zero attached hydrogens (tertiary/aromatic N) is 4. The van der Waals surface area contributed by atoms with E-state index in [-0.39, 0.29) is 16.7 Å². The Bertz CT molecular complexity index is 1100. The van der Waals surface area contributed by atoms with Gasteiger partial charge in [-0.1, -0.05) is 5.16 Å². The molecule has 2 aromatic heterocycles. The maximum absolute atomic E-state index is 12.7. The third kappa shape index (κ3) is 4.96. The summed E-state index contributed by atoms with van der Waals surface area (Å²) in [5.74, 6) is 0.394. The van der Waals surface area contributed by atoms with Crippen molar-refractivity contribution in [1.29, 1.82) is 0 Å². The third-order valence-electron chi connectivity index (χ3n) is 3.88. The van der Waals surface area contributed by atoms with Gasteiger partial charge in [0.05, 0.1) is 38.6 Å². The van der Waals surface area contributed by atoms with E-state index in [9.17, 15) is 17.4 Å². The summed E-state index contributed by atoms with van der Waals surface area (Å²) in [6.07, 6.45) is 2.95. The van der Waals surface area contributed by atoms with E-state index in [1.165, 1.54) is 24.6 Å². The molecule has 0 saturated carbocycles. The summed E-state index contributed by atoms with van der Waals surface area (Å²) in [6.45, 7) is 2.20. The Balaban J connectivity index is 2.12. The molecule has 0 amide bonds. The number of fused-ring (bicyclic) bond motifs is 1. The van der Waals surface area contributed by atoms with Gasteiger partial charge in [0.15, 0.2) is 5.82 Å². The van der Waals surface area contributed by atoms with E-state index in [1.807, 2.05) is 0 Å². The summed E-state index contributed by atoms with van der Waals surface area (Å²) >= 11 is -0.197. The normalized spacial score (nSPS) is 13.3. The first kappa shape index (κ1) is 21.3. The van der Waals surface area contributed by atoms with Crippen molar-refractivity contribution in [3.63, 3.8) is 0 Å². The highest BCUT2D eigenvalue weighted by Gasteiger charge is 2.29. The lowest BCUT2D eigenvalue weighted by atomic mass is 10.3. The lowest BCUT2D eigenvalue weighted by Gasteiger charge is -2.08. The molecular formula is C18H17F3N4O2S2. The molecule has 29 heavy (non-hydrogen) atoms. The number of alkyl halides is 3. The van der Waals surface area contributed by atoms with Crippen molar-refractivity contribution in [2.75, 3.05) is 12.9 Å². The van der Waals surface area contributed by atoms with Crippen LogP contribution < -0.4 is 0 Å². The van der Waals surface area contributed by atoms with Crippen LogP contribution in [-0.2, 0) is 22.7 Å². The first-order valence-electron chi connectivity index (χ1n) is 8.42. The molecule has 1 unspecified atom stereocenters. The molecule has 0 spiro atoms. The predicted octanol–water partition coefficient (Wildman–Crippen LogP) is 4.36. The highest BCUT2D eigenvalue weighted by molar-refractivity contribution is 8.00. The Morgan fingerprint density at radius 3 is 2.69 bits per heavy atom. The number of benzene rings is 1. The maximum atomic E-state index is 12.7. The topological polar surface area (TPSA) is 69.4 Å². The van der Waals surface area contributed by atoms with Gasteiger partial charge >= 0.3 is 5.51 Å².